The average molecular weight is 311 g/mol. The highest BCUT2D eigenvalue weighted by atomic mass is 16.6. The minimum absolute atomic E-state index is 0.171. The molecule has 1 aliphatic heterocycles. The third kappa shape index (κ3) is 2.99. The van der Waals surface area contributed by atoms with Gasteiger partial charge in [0.2, 0.25) is 0 Å². The van der Waals surface area contributed by atoms with Crippen molar-refractivity contribution in [3.05, 3.63) is 64.7 Å². The Bertz CT molecular complexity index is 688. The van der Waals surface area contributed by atoms with Crippen LogP contribution >= 0.6 is 0 Å². The van der Waals surface area contributed by atoms with Crippen molar-refractivity contribution < 1.29 is 4.92 Å². The molecule has 2 aromatic rings. The minimum Gasteiger partial charge on any atom is -0.349 e. The van der Waals surface area contributed by atoms with Crippen molar-refractivity contribution in [2.24, 2.45) is 5.92 Å². The van der Waals surface area contributed by atoms with Gasteiger partial charge in [-0.2, -0.15) is 0 Å². The molecule has 0 amide bonds. The second-order valence-electron chi connectivity index (χ2n) is 6.23. The monoisotopic (exact) mass is 311 g/mol. The van der Waals surface area contributed by atoms with Gasteiger partial charge in [0.1, 0.15) is 5.69 Å². The summed E-state index contributed by atoms with van der Waals surface area (Å²) in [6, 6.07) is 17.6. The standard InChI is InChI=1S/C18H21N3O2/c1-14(2)18-12-19(13-20(18)15-8-4-3-5-9-15)16-10-6-7-11-17(16)21(22)23/h3-11,14,18H,12-13H2,1-2H3/t18-/m1/s1. The van der Waals surface area contributed by atoms with E-state index in [-0.39, 0.29) is 10.6 Å². The average Bonchev–Trinajstić information content (AvgIpc) is 3.01. The minimum atomic E-state index is -0.301. The Labute approximate surface area is 136 Å². The Kier molecular flexibility index (Phi) is 4.19. The molecule has 1 heterocycles. The van der Waals surface area contributed by atoms with Crippen molar-refractivity contribution in [1.29, 1.82) is 0 Å². The molecular formula is C18H21N3O2. The Hall–Kier alpha value is -2.56. The van der Waals surface area contributed by atoms with E-state index in [0.29, 0.717) is 24.3 Å². The molecule has 2 aromatic carbocycles. The molecule has 1 atom stereocenters. The fourth-order valence-corrected chi connectivity index (χ4v) is 3.19. The first-order valence-electron chi connectivity index (χ1n) is 7.88. The number of hydrogen-bond donors (Lipinski definition) is 0. The van der Waals surface area contributed by atoms with E-state index in [2.05, 4.69) is 35.8 Å². The van der Waals surface area contributed by atoms with Crippen molar-refractivity contribution in [2.45, 2.75) is 19.9 Å². The molecule has 0 aromatic heterocycles. The van der Waals surface area contributed by atoms with E-state index in [1.807, 2.05) is 30.3 Å². The molecule has 1 aliphatic rings. The maximum Gasteiger partial charge on any atom is 0.292 e. The predicted molar refractivity (Wildman–Crippen MR) is 92.9 cm³/mol. The smallest absolute Gasteiger partial charge is 0.292 e. The highest BCUT2D eigenvalue weighted by Crippen LogP contribution is 2.34. The van der Waals surface area contributed by atoms with Gasteiger partial charge in [-0.05, 0) is 24.1 Å². The van der Waals surface area contributed by atoms with Crippen molar-refractivity contribution in [3.8, 4) is 0 Å². The lowest BCUT2D eigenvalue weighted by molar-refractivity contribution is -0.384. The van der Waals surface area contributed by atoms with E-state index in [4.69, 9.17) is 0 Å². The molecule has 120 valence electrons. The van der Waals surface area contributed by atoms with E-state index >= 15 is 0 Å². The van der Waals surface area contributed by atoms with Crippen LogP contribution in [-0.4, -0.2) is 24.2 Å². The lowest BCUT2D eigenvalue weighted by Crippen LogP contribution is -2.34. The summed E-state index contributed by atoms with van der Waals surface area (Å²) < 4.78 is 0. The molecule has 23 heavy (non-hydrogen) atoms. The number of nitro benzene ring substituents is 1. The largest absolute Gasteiger partial charge is 0.349 e. The van der Waals surface area contributed by atoms with Gasteiger partial charge in [-0.15, -0.1) is 0 Å². The first-order valence-corrected chi connectivity index (χ1v) is 7.88. The molecule has 0 N–H and O–H groups in total. The maximum absolute atomic E-state index is 11.3. The van der Waals surface area contributed by atoms with Gasteiger partial charge in [0.15, 0.2) is 0 Å². The SMILES string of the molecule is CC(C)[C@H]1CN(c2ccccc2[N+](=O)[O-])CN1c1ccccc1. The number of benzene rings is 2. The fourth-order valence-electron chi connectivity index (χ4n) is 3.19. The number of rotatable bonds is 4. The lowest BCUT2D eigenvalue weighted by atomic mass is 10.0. The zero-order valence-corrected chi connectivity index (χ0v) is 13.4. The predicted octanol–water partition coefficient (Wildman–Crippen LogP) is 3.90. The van der Waals surface area contributed by atoms with Crippen molar-refractivity contribution in [2.75, 3.05) is 23.0 Å². The molecule has 1 fully saturated rings. The van der Waals surface area contributed by atoms with Gasteiger partial charge in [0.25, 0.3) is 5.69 Å². The van der Waals surface area contributed by atoms with E-state index in [1.165, 1.54) is 0 Å². The lowest BCUT2D eigenvalue weighted by Gasteiger charge is -2.28. The summed E-state index contributed by atoms with van der Waals surface area (Å²) in [5.74, 6) is 0.461. The molecule has 0 unspecified atom stereocenters. The Balaban J connectivity index is 1.94. The summed E-state index contributed by atoms with van der Waals surface area (Å²) >= 11 is 0. The van der Waals surface area contributed by atoms with Gasteiger partial charge in [0, 0.05) is 18.3 Å². The molecule has 0 aliphatic carbocycles. The number of nitro groups is 1. The van der Waals surface area contributed by atoms with E-state index in [9.17, 15) is 10.1 Å². The Morgan fingerprint density at radius 3 is 2.39 bits per heavy atom. The summed E-state index contributed by atoms with van der Waals surface area (Å²) in [6.07, 6.45) is 0. The molecule has 0 saturated carbocycles. The van der Waals surface area contributed by atoms with Gasteiger partial charge in [-0.3, -0.25) is 10.1 Å². The van der Waals surface area contributed by atoms with E-state index in [1.54, 1.807) is 12.1 Å². The van der Waals surface area contributed by atoms with E-state index in [0.717, 1.165) is 12.2 Å². The number of hydrogen-bond acceptors (Lipinski definition) is 4. The van der Waals surface area contributed by atoms with Gasteiger partial charge in [-0.1, -0.05) is 44.2 Å². The normalized spacial score (nSPS) is 17.8. The Morgan fingerprint density at radius 1 is 1.09 bits per heavy atom. The van der Waals surface area contributed by atoms with Crippen molar-refractivity contribution in [3.63, 3.8) is 0 Å². The summed E-state index contributed by atoms with van der Waals surface area (Å²) in [5.41, 5.74) is 2.03. The molecular weight excluding hydrogens is 290 g/mol. The van der Waals surface area contributed by atoms with Crippen LogP contribution in [0.5, 0.6) is 0 Å². The maximum atomic E-state index is 11.3. The zero-order valence-electron chi connectivity index (χ0n) is 13.4. The van der Waals surface area contributed by atoms with Gasteiger partial charge < -0.3 is 9.80 Å². The molecule has 0 bridgehead atoms. The second kappa shape index (κ2) is 6.28. The molecule has 0 radical (unpaired) electrons. The molecule has 0 spiro atoms. The molecule has 1 saturated heterocycles. The van der Waals surface area contributed by atoms with Crippen LogP contribution in [0.3, 0.4) is 0 Å². The highest BCUT2D eigenvalue weighted by molar-refractivity contribution is 5.66. The number of para-hydroxylation sites is 3. The van der Waals surface area contributed by atoms with Crippen LogP contribution in [0.15, 0.2) is 54.6 Å². The van der Waals surface area contributed by atoms with Crippen LogP contribution in [0.4, 0.5) is 17.1 Å². The van der Waals surface area contributed by atoms with Crippen LogP contribution in [0, 0.1) is 16.0 Å². The first-order chi connectivity index (χ1) is 11.1. The van der Waals surface area contributed by atoms with E-state index < -0.39 is 0 Å². The van der Waals surface area contributed by atoms with Crippen LogP contribution in [0.1, 0.15) is 13.8 Å². The van der Waals surface area contributed by atoms with Crippen LogP contribution < -0.4 is 9.80 Å². The third-order valence-electron chi connectivity index (χ3n) is 4.41. The summed E-state index contributed by atoms with van der Waals surface area (Å²) in [4.78, 5) is 15.5. The zero-order chi connectivity index (χ0) is 16.4. The summed E-state index contributed by atoms with van der Waals surface area (Å²) in [7, 11) is 0. The molecule has 5 nitrogen and oxygen atoms in total. The van der Waals surface area contributed by atoms with Crippen LogP contribution in [0.25, 0.3) is 0 Å². The summed E-state index contributed by atoms with van der Waals surface area (Å²) in [5, 5.41) is 11.3. The van der Waals surface area contributed by atoms with Gasteiger partial charge >= 0.3 is 0 Å². The van der Waals surface area contributed by atoms with Gasteiger partial charge in [0.05, 0.1) is 17.6 Å². The topological polar surface area (TPSA) is 49.6 Å². The molecule has 5 heteroatoms. The van der Waals surface area contributed by atoms with Crippen LogP contribution in [0.2, 0.25) is 0 Å². The fraction of sp³-hybridized carbons (Fsp3) is 0.333. The third-order valence-corrected chi connectivity index (χ3v) is 4.41. The number of nitrogens with zero attached hydrogens (tertiary/aromatic N) is 3. The second-order valence-corrected chi connectivity index (χ2v) is 6.23. The first kappa shape index (κ1) is 15.3. The van der Waals surface area contributed by atoms with Crippen molar-refractivity contribution >= 4 is 17.1 Å². The highest BCUT2D eigenvalue weighted by Gasteiger charge is 2.34. The Morgan fingerprint density at radius 2 is 1.74 bits per heavy atom. The van der Waals surface area contributed by atoms with Crippen molar-refractivity contribution in [1.82, 2.24) is 0 Å². The molecule has 3 rings (SSSR count). The summed E-state index contributed by atoms with van der Waals surface area (Å²) in [6.45, 7) is 5.85. The van der Waals surface area contributed by atoms with Gasteiger partial charge in [-0.25, -0.2) is 0 Å². The van der Waals surface area contributed by atoms with Crippen LogP contribution in [-0.2, 0) is 0 Å². The quantitative estimate of drug-likeness (QED) is 0.634. The number of anilines is 2.